The Morgan fingerprint density at radius 1 is 1.07 bits per heavy atom. The van der Waals surface area contributed by atoms with E-state index in [-0.39, 0.29) is 10.8 Å². The number of para-hydroxylation sites is 1. The topological polar surface area (TPSA) is 66.9 Å². The lowest BCUT2D eigenvalue weighted by Crippen LogP contribution is -2.36. The van der Waals surface area contributed by atoms with Crippen LogP contribution in [0.2, 0.25) is 0 Å². The summed E-state index contributed by atoms with van der Waals surface area (Å²) in [7, 11) is -1.84. The van der Waals surface area contributed by atoms with Crippen molar-refractivity contribution in [2.45, 2.75) is 37.5 Å². The molecule has 1 fully saturated rings. The minimum absolute atomic E-state index is 0.178. The van der Waals surface area contributed by atoms with E-state index in [9.17, 15) is 13.2 Å². The Kier molecular flexibility index (Phi) is 7.50. The molecule has 1 heterocycles. The minimum Gasteiger partial charge on any atom is -0.494 e. The zero-order chi connectivity index (χ0) is 21.6. The summed E-state index contributed by atoms with van der Waals surface area (Å²) in [5.41, 5.74) is 1.20. The van der Waals surface area contributed by atoms with Gasteiger partial charge in [-0.05, 0) is 56.0 Å². The third-order valence-electron chi connectivity index (χ3n) is 5.39. The fourth-order valence-corrected chi connectivity index (χ4v) is 5.11. The van der Waals surface area contributed by atoms with Crippen LogP contribution in [0.3, 0.4) is 0 Å². The molecule has 1 amide bonds. The highest BCUT2D eigenvalue weighted by molar-refractivity contribution is 7.89. The molecule has 2 aromatic carbocycles. The Morgan fingerprint density at radius 3 is 2.47 bits per heavy atom. The molecule has 6 nitrogen and oxygen atoms in total. The van der Waals surface area contributed by atoms with E-state index >= 15 is 0 Å². The monoisotopic (exact) mass is 430 g/mol. The van der Waals surface area contributed by atoms with Gasteiger partial charge in [-0.25, -0.2) is 8.42 Å². The first kappa shape index (κ1) is 22.3. The van der Waals surface area contributed by atoms with E-state index in [1.807, 2.05) is 37.3 Å². The average molecular weight is 431 g/mol. The van der Waals surface area contributed by atoms with E-state index in [0.717, 1.165) is 30.6 Å². The minimum atomic E-state index is -3.57. The van der Waals surface area contributed by atoms with Gasteiger partial charge in [0.25, 0.3) is 5.91 Å². The molecule has 0 bridgehead atoms. The number of hydrogen-bond donors (Lipinski definition) is 0. The van der Waals surface area contributed by atoms with E-state index in [1.54, 1.807) is 24.1 Å². The molecule has 30 heavy (non-hydrogen) atoms. The van der Waals surface area contributed by atoms with Gasteiger partial charge in [-0.3, -0.25) is 4.79 Å². The van der Waals surface area contributed by atoms with Crippen LogP contribution in [0.5, 0.6) is 5.75 Å². The van der Waals surface area contributed by atoms with Gasteiger partial charge in [-0.1, -0.05) is 30.7 Å². The predicted molar refractivity (Wildman–Crippen MR) is 117 cm³/mol. The van der Waals surface area contributed by atoms with Gasteiger partial charge in [0.2, 0.25) is 10.0 Å². The van der Waals surface area contributed by atoms with Gasteiger partial charge in [0, 0.05) is 32.2 Å². The number of piperidine rings is 1. The summed E-state index contributed by atoms with van der Waals surface area (Å²) in [6.45, 7) is 3.94. The summed E-state index contributed by atoms with van der Waals surface area (Å²) in [5, 5.41) is 0. The van der Waals surface area contributed by atoms with Crippen LogP contribution < -0.4 is 4.74 Å². The summed E-state index contributed by atoms with van der Waals surface area (Å²) >= 11 is 0. The first-order valence-electron chi connectivity index (χ1n) is 10.4. The van der Waals surface area contributed by atoms with Gasteiger partial charge < -0.3 is 9.64 Å². The van der Waals surface area contributed by atoms with Crippen molar-refractivity contribution in [1.82, 2.24) is 9.21 Å². The quantitative estimate of drug-likeness (QED) is 0.599. The lowest BCUT2D eigenvalue weighted by atomic mass is 10.1. The number of hydrogen-bond acceptors (Lipinski definition) is 4. The highest BCUT2D eigenvalue weighted by atomic mass is 32.2. The Hall–Kier alpha value is -2.38. The van der Waals surface area contributed by atoms with Crippen LogP contribution in [0.1, 0.15) is 41.6 Å². The Balaban J connectivity index is 1.64. The van der Waals surface area contributed by atoms with Gasteiger partial charge in [-0.15, -0.1) is 0 Å². The number of carbonyl (C=O) groups excluding carboxylic acids is 1. The molecule has 0 N–H and O–H groups in total. The highest BCUT2D eigenvalue weighted by Gasteiger charge is 2.27. The maximum Gasteiger partial charge on any atom is 0.253 e. The molecule has 0 atom stereocenters. The third-order valence-corrected chi connectivity index (χ3v) is 7.28. The van der Waals surface area contributed by atoms with Crippen molar-refractivity contribution in [2.24, 2.45) is 0 Å². The number of aryl methyl sites for hydroxylation is 1. The molecule has 7 heteroatoms. The number of sulfonamides is 1. The molecule has 162 valence electrons. The predicted octanol–water partition coefficient (Wildman–Crippen LogP) is 3.71. The molecule has 1 aliphatic heterocycles. The standard InChI is InChI=1S/C23H30N2O4S/c1-19-12-13-21(30(27,28)25-15-7-4-8-16-25)18-22(19)23(26)24(2)14-9-17-29-20-10-5-3-6-11-20/h3,5-6,10-13,18H,4,7-9,14-17H2,1-2H3. The SMILES string of the molecule is Cc1ccc(S(=O)(=O)N2CCCCC2)cc1C(=O)N(C)CCCOc1ccccc1. The van der Waals surface area contributed by atoms with Crippen LogP contribution in [0, 0.1) is 6.92 Å². The van der Waals surface area contributed by atoms with Crippen molar-refractivity contribution >= 4 is 15.9 Å². The number of ether oxygens (including phenoxy) is 1. The fraction of sp³-hybridized carbons (Fsp3) is 0.435. The largest absolute Gasteiger partial charge is 0.494 e. The smallest absolute Gasteiger partial charge is 0.253 e. The molecule has 1 aliphatic rings. The fourth-order valence-electron chi connectivity index (χ4n) is 3.56. The van der Waals surface area contributed by atoms with Crippen molar-refractivity contribution in [3.63, 3.8) is 0 Å². The molecular formula is C23H30N2O4S. The Morgan fingerprint density at radius 2 is 1.77 bits per heavy atom. The van der Waals surface area contributed by atoms with Gasteiger partial charge in [0.1, 0.15) is 5.75 Å². The molecule has 0 aromatic heterocycles. The van der Waals surface area contributed by atoms with Crippen molar-refractivity contribution in [1.29, 1.82) is 0 Å². The van der Waals surface area contributed by atoms with Crippen molar-refractivity contribution in [3.05, 3.63) is 59.7 Å². The number of rotatable bonds is 8. The molecule has 0 spiro atoms. The molecule has 1 saturated heterocycles. The lowest BCUT2D eigenvalue weighted by molar-refractivity contribution is 0.0787. The van der Waals surface area contributed by atoms with Crippen molar-refractivity contribution < 1.29 is 17.9 Å². The zero-order valence-electron chi connectivity index (χ0n) is 17.7. The second-order valence-electron chi connectivity index (χ2n) is 7.68. The van der Waals surface area contributed by atoms with Gasteiger partial charge in [0.05, 0.1) is 11.5 Å². The molecule has 2 aromatic rings. The molecule has 0 radical (unpaired) electrons. The van der Waals surface area contributed by atoms with Crippen LogP contribution in [0.4, 0.5) is 0 Å². The normalized spacial score (nSPS) is 15.0. The van der Waals surface area contributed by atoms with Crippen molar-refractivity contribution in [3.8, 4) is 5.75 Å². The summed E-state index contributed by atoms with van der Waals surface area (Å²) in [6.07, 6.45) is 3.50. The van der Waals surface area contributed by atoms with Crippen LogP contribution in [-0.2, 0) is 10.0 Å². The van der Waals surface area contributed by atoms with Crippen LogP contribution in [-0.4, -0.2) is 56.8 Å². The molecule has 0 aliphatic carbocycles. The first-order chi connectivity index (χ1) is 14.4. The van der Waals surface area contributed by atoms with E-state index < -0.39 is 10.0 Å². The highest BCUT2D eigenvalue weighted by Crippen LogP contribution is 2.23. The van der Waals surface area contributed by atoms with Crippen LogP contribution >= 0.6 is 0 Å². The second-order valence-corrected chi connectivity index (χ2v) is 9.62. The number of carbonyl (C=O) groups is 1. The van der Waals surface area contributed by atoms with Crippen molar-refractivity contribution in [2.75, 3.05) is 33.3 Å². The van der Waals surface area contributed by atoms with Gasteiger partial charge in [-0.2, -0.15) is 4.31 Å². The zero-order valence-corrected chi connectivity index (χ0v) is 18.5. The van der Waals surface area contributed by atoms with Crippen LogP contribution in [0.15, 0.2) is 53.4 Å². The van der Waals surface area contributed by atoms with E-state index in [4.69, 9.17) is 4.74 Å². The van der Waals surface area contributed by atoms with E-state index in [1.165, 1.54) is 10.4 Å². The molecule has 3 rings (SSSR count). The molecule has 0 unspecified atom stereocenters. The average Bonchev–Trinajstić information content (AvgIpc) is 2.77. The number of benzene rings is 2. The maximum absolute atomic E-state index is 13.0. The Labute approximate surface area is 179 Å². The Bertz CT molecular complexity index is 954. The second kappa shape index (κ2) is 10.1. The van der Waals surface area contributed by atoms with Crippen LogP contribution in [0.25, 0.3) is 0 Å². The first-order valence-corrected chi connectivity index (χ1v) is 11.9. The summed E-state index contributed by atoms with van der Waals surface area (Å²) in [5.74, 6) is 0.626. The summed E-state index contributed by atoms with van der Waals surface area (Å²) < 4.78 is 33.1. The van der Waals surface area contributed by atoms with E-state index in [2.05, 4.69) is 0 Å². The van der Waals surface area contributed by atoms with E-state index in [0.29, 0.717) is 38.2 Å². The van der Waals surface area contributed by atoms with Gasteiger partial charge in [0.15, 0.2) is 0 Å². The molecular weight excluding hydrogens is 400 g/mol. The number of amides is 1. The summed E-state index contributed by atoms with van der Waals surface area (Å²) in [4.78, 5) is 14.8. The maximum atomic E-state index is 13.0. The lowest BCUT2D eigenvalue weighted by Gasteiger charge is -2.26. The third kappa shape index (κ3) is 5.40. The molecule has 0 saturated carbocycles. The number of nitrogens with zero attached hydrogens (tertiary/aromatic N) is 2. The summed E-state index contributed by atoms with van der Waals surface area (Å²) in [6, 6.07) is 14.4. The van der Waals surface area contributed by atoms with Gasteiger partial charge >= 0.3 is 0 Å².